The van der Waals surface area contributed by atoms with Gasteiger partial charge < -0.3 is 15.7 Å². The van der Waals surface area contributed by atoms with Crippen LogP contribution in [-0.4, -0.2) is 22.9 Å². The zero-order valence-corrected chi connectivity index (χ0v) is 21.5. The van der Waals surface area contributed by atoms with Crippen LogP contribution in [-0.2, 0) is 4.79 Å². The zero-order valence-electron chi connectivity index (χ0n) is 20.7. The standard InChI is InChI=1S/C32H24N2O4S/c35-30(25-11-10-21-6-4-5-9-24(21)20-25)33-27-16-18-28(19-17-27)39-29(22-7-2-1-3-8-22)31(36)34-26-14-12-23(13-15-26)32(37)38/h1-20,29H,(H,33,35)(H,34,36)(H,37,38). The Hall–Kier alpha value is -4.88. The number of carboxylic acids is 1. The molecule has 1 unspecified atom stereocenters. The Labute approximate surface area is 229 Å². The van der Waals surface area contributed by atoms with Crippen LogP contribution in [0.4, 0.5) is 11.4 Å². The molecule has 0 aliphatic rings. The number of nitrogens with one attached hydrogen (secondary N) is 2. The van der Waals surface area contributed by atoms with E-state index < -0.39 is 11.2 Å². The molecule has 2 amide bonds. The Morgan fingerprint density at radius 1 is 0.615 bits per heavy atom. The first-order valence-electron chi connectivity index (χ1n) is 12.2. The molecule has 39 heavy (non-hydrogen) atoms. The number of carboxylic acid groups (broad SMARTS) is 1. The van der Waals surface area contributed by atoms with E-state index in [9.17, 15) is 14.4 Å². The molecule has 0 fully saturated rings. The molecular formula is C32H24N2O4S. The fourth-order valence-corrected chi connectivity index (χ4v) is 5.12. The number of carbonyl (C=O) groups is 3. The quantitative estimate of drug-likeness (QED) is 0.183. The number of anilines is 2. The first kappa shape index (κ1) is 25.8. The van der Waals surface area contributed by atoms with Crippen LogP contribution in [0.1, 0.15) is 31.5 Å². The van der Waals surface area contributed by atoms with E-state index in [-0.39, 0.29) is 17.4 Å². The molecule has 0 heterocycles. The lowest BCUT2D eigenvalue weighted by molar-refractivity contribution is -0.115. The fourth-order valence-electron chi connectivity index (χ4n) is 4.09. The Bertz CT molecular complexity index is 1640. The van der Waals surface area contributed by atoms with Gasteiger partial charge >= 0.3 is 5.97 Å². The third-order valence-corrected chi connectivity index (χ3v) is 7.38. The number of aromatic carboxylic acids is 1. The molecule has 1 atom stereocenters. The predicted molar refractivity (Wildman–Crippen MR) is 155 cm³/mol. The topological polar surface area (TPSA) is 95.5 Å². The second-order valence-corrected chi connectivity index (χ2v) is 10.00. The number of thioether (sulfide) groups is 1. The Balaban J connectivity index is 1.29. The molecule has 7 heteroatoms. The largest absolute Gasteiger partial charge is 0.478 e. The molecule has 5 rings (SSSR count). The molecule has 5 aromatic rings. The summed E-state index contributed by atoms with van der Waals surface area (Å²) >= 11 is 1.38. The number of rotatable bonds is 8. The van der Waals surface area contributed by atoms with Crippen molar-refractivity contribution in [1.29, 1.82) is 0 Å². The van der Waals surface area contributed by atoms with E-state index in [1.165, 1.54) is 23.9 Å². The smallest absolute Gasteiger partial charge is 0.335 e. The maximum absolute atomic E-state index is 13.3. The molecule has 0 saturated heterocycles. The second kappa shape index (κ2) is 11.7. The monoisotopic (exact) mass is 532 g/mol. The molecule has 3 N–H and O–H groups in total. The number of fused-ring (bicyclic) bond motifs is 1. The Kier molecular flexibility index (Phi) is 7.70. The molecule has 0 bridgehead atoms. The highest BCUT2D eigenvalue weighted by Crippen LogP contribution is 2.36. The minimum Gasteiger partial charge on any atom is -0.478 e. The lowest BCUT2D eigenvalue weighted by Crippen LogP contribution is -2.19. The average molecular weight is 533 g/mol. The van der Waals surface area contributed by atoms with Crippen LogP contribution in [0, 0.1) is 0 Å². The third-order valence-electron chi connectivity index (χ3n) is 6.12. The van der Waals surface area contributed by atoms with Gasteiger partial charge in [-0.05, 0) is 77.0 Å². The van der Waals surface area contributed by atoms with Crippen LogP contribution in [0.15, 0.2) is 126 Å². The molecule has 0 aliphatic carbocycles. The highest BCUT2D eigenvalue weighted by atomic mass is 32.2. The van der Waals surface area contributed by atoms with Gasteiger partial charge in [0.15, 0.2) is 0 Å². The second-order valence-electron chi connectivity index (χ2n) is 8.82. The van der Waals surface area contributed by atoms with Crippen LogP contribution in [0.5, 0.6) is 0 Å². The number of hydrogen-bond donors (Lipinski definition) is 3. The third kappa shape index (κ3) is 6.34. The van der Waals surface area contributed by atoms with Crippen molar-refractivity contribution in [3.8, 4) is 0 Å². The van der Waals surface area contributed by atoms with Crippen molar-refractivity contribution in [2.75, 3.05) is 10.6 Å². The minimum absolute atomic E-state index is 0.148. The van der Waals surface area contributed by atoms with E-state index in [0.29, 0.717) is 16.9 Å². The van der Waals surface area contributed by atoms with Crippen molar-refractivity contribution >= 4 is 51.7 Å². The van der Waals surface area contributed by atoms with E-state index >= 15 is 0 Å². The van der Waals surface area contributed by atoms with Crippen LogP contribution >= 0.6 is 11.8 Å². The van der Waals surface area contributed by atoms with Crippen LogP contribution in [0.25, 0.3) is 10.8 Å². The van der Waals surface area contributed by atoms with Gasteiger partial charge in [-0.1, -0.05) is 60.7 Å². The van der Waals surface area contributed by atoms with Crippen molar-refractivity contribution in [2.45, 2.75) is 10.1 Å². The molecule has 192 valence electrons. The van der Waals surface area contributed by atoms with E-state index in [1.54, 1.807) is 18.2 Å². The highest BCUT2D eigenvalue weighted by Gasteiger charge is 2.22. The van der Waals surface area contributed by atoms with Crippen molar-refractivity contribution in [3.63, 3.8) is 0 Å². The Morgan fingerprint density at radius 3 is 1.90 bits per heavy atom. The SMILES string of the molecule is O=C(O)c1ccc(NC(=O)C(Sc2ccc(NC(=O)c3ccc4ccccc4c3)cc2)c2ccccc2)cc1. The van der Waals surface area contributed by atoms with E-state index in [0.717, 1.165) is 21.2 Å². The van der Waals surface area contributed by atoms with Crippen LogP contribution < -0.4 is 10.6 Å². The number of benzene rings is 5. The summed E-state index contributed by atoms with van der Waals surface area (Å²) in [5, 5.41) is 16.4. The summed E-state index contributed by atoms with van der Waals surface area (Å²) in [5.74, 6) is -1.46. The normalized spacial score (nSPS) is 11.5. The van der Waals surface area contributed by atoms with Gasteiger partial charge in [0, 0.05) is 21.8 Å². The van der Waals surface area contributed by atoms with Gasteiger partial charge in [0.05, 0.1) is 5.56 Å². The maximum Gasteiger partial charge on any atom is 0.335 e. The van der Waals surface area contributed by atoms with Gasteiger partial charge in [-0.3, -0.25) is 9.59 Å². The van der Waals surface area contributed by atoms with Crippen LogP contribution in [0.3, 0.4) is 0 Å². The minimum atomic E-state index is -1.03. The number of hydrogen-bond acceptors (Lipinski definition) is 4. The molecule has 0 aliphatic heterocycles. The predicted octanol–water partition coefficient (Wildman–Crippen LogP) is 7.26. The summed E-state index contributed by atoms with van der Waals surface area (Å²) in [6.07, 6.45) is 0. The molecule has 0 spiro atoms. The van der Waals surface area contributed by atoms with Gasteiger partial charge in [0.1, 0.15) is 5.25 Å². The fraction of sp³-hybridized carbons (Fsp3) is 0.0312. The first-order valence-corrected chi connectivity index (χ1v) is 13.1. The number of carbonyl (C=O) groups excluding carboxylic acids is 2. The van der Waals surface area contributed by atoms with Crippen molar-refractivity contribution < 1.29 is 19.5 Å². The van der Waals surface area contributed by atoms with Crippen LogP contribution in [0.2, 0.25) is 0 Å². The summed E-state index contributed by atoms with van der Waals surface area (Å²) in [4.78, 5) is 38.1. The van der Waals surface area contributed by atoms with Crippen molar-refractivity contribution in [1.82, 2.24) is 0 Å². The lowest BCUT2D eigenvalue weighted by Gasteiger charge is -2.17. The van der Waals surface area contributed by atoms with E-state index in [2.05, 4.69) is 10.6 Å². The molecule has 5 aromatic carbocycles. The van der Waals surface area contributed by atoms with E-state index in [4.69, 9.17) is 5.11 Å². The molecule has 0 saturated carbocycles. The van der Waals surface area contributed by atoms with Crippen molar-refractivity contribution in [2.24, 2.45) is 0 Å². The summed E-state index contributed by atoms with van der Waals surface area (Å²) in [6.45, 7) is 0. The summed E-state index contributed by atoms with van der Waals surface area (Å²) in [5.41, 5.74) is 2.71. The summed E-state index contributed by atoms with van der Waals surface area (Å²) < 4.78 is 0. The molecular weight excluding hydrogens is 508 g/mol. The summed E-state index contributed by atoms with van der Waals surface area (Å²) in [7, 11) is 0. The van der Waals surface area contributed by atoms with E-state index in [1.807, 2.05) is 91.0 Å². The summed E-state index contributed by atoms with van der Waals surface area (Å²) in [6, 6.07) is 36.3. The molecule has 0 aromatic heterocycles. The Morgan fingerprint density at radius 2 is 1.21 bits per heavy atom. The number of amides is 2. The lowest BCUT2D eigenvalue weighted by atomic mass is 10.1. The van der Waals surface area contributed by atoms with Crippen molar-refractivity contribution in [3.05, 3.63) is 138 Å². The maximum atomic E-state index is 13.3. The first-order chi connectivity index (χ1) is 19.0. The average Bonchev–Trinajstić information content (AvgIpc) is 2.97. The zero-order chi connectivity index (χ0) is 27.2. The van der Waals surface area contributed by atoms with Gasteiger partial charge in [0.25, 0.3) is 5.91 Å². The highest BCUT2D eigenvalue weighted by molar-refractivity contribution is 8.00. The van der Waals surface area contributed by atoms with Gasteiger partial charge in [-0.2, -0.15) is 0 Å². The molecule has 0 radical (unpaired) electrons. The molecule has 6 nitrogen and oxygen atoms in total. The van der Waals surface area contributed by atoms with Gasteiger partial charge in [0.2, 0.25) is 5.91 Å². The van der Waals surface area contributed by atoms with Gasteiger partial charge in [-0.25, -0.2) is 4.79 Å². The van der Waals surface area contributed by atoms with Gasteiger partial charge in [-0.15, -0.1) is 11.8 Å².